The van der Waals surface area contributed by atoms with Crippen LogP contribution in [-0.2, 0) is 4.79 Å². The lowest BCUT2D eigenvalue weighted by molar-refractivity contribution is -0.120. The van der Waals surface area contributed by atoms with Gasteiger partial charge in [-0.25, -0.2) is 0 Å². The predicted octanol–water partition coefficient (Wildman–Crippen LogP) is -1.56. The summed E-state index contributed by atoms with van der Waals surface area (Å²) in [4.78, 5) is 11.0. The normalized spacial score (nSPS) is 24.1. The van der Waals surface area contributed by atoms with E-state index in [0.717, 1.165) is 12.8 Å². The SMILES string of the molecule is CC(=O)NC1CC(C)(C)NC(C)(C)C1.[Cl-]. The van der Waals surface area contributed by atoms with E-state index in [1.54, 1.807) is 6.92 Å². The van der Waals surface area contributed by atoms with E-state index in [1.165, 1.54) is 0 Å². The van der Waals surface area contributed by atoms with Crippen LogP contribution in [0.2, 0.25) is 0 Å². The Kier molecular flexibility index (Phi) is 4.62. The van der Waals surface area contributed by atoms with Gasteiger partial charge in [-0.05, 0) is 40.5 Å². The number of amides is 1. The molecule has 0 aromatic heterocycles. The number of piperidine rings is 1. The fourth-order valence-corrected chi connectivity index (χ4v) is 2.71. The number of hydrogen-bond acceptors (Lipinski definition) is 2. The van der Waals surface area contributed by atoms with E-state index in [0.29, 0.717) is 6.04 Å². The topological polar surface area (TPSA) is 41.1 Å². The van der Waals surface area contributed by atoms with Gasteiger partial charge in [-0.15, -0.1) is 0 Å². The fraction of sp³-hybridized carbons (Fsp3) is 0.909. The number of halogens is 1. The average molecular weight is 234 g/mol. The van der Waals surface area contributed by atoms with Crippen molar-refractivity contribution in [1.82, 2.24) is 10.6 Å². The Morgan fingerprint density at radius 3 is 1.93 bits per heavy atom. The zero-order valence-corrected chi connectivity index (χ0v) is 11.0. The van der Waals surface area contributed by atoms with Crippen molar-refractivity contribution in [3.8, 4) is 0 Å². The summed E-state index contributed by atoms with van der Waals surface area (Å²) in [6.45, 7) is 10.3. The van der Waals surface area contributed by atoms with Gasteiger partial charge >= 0.3 is 0 Å². The summed E-state index contributed by atoms with van der Waals surface area (Å²) in [6.07, 6.45) is 1.99. The van der Waals surface area contributed by atoms with Crippen LogP contribution in [0.1, 0.15) is 47.5 Å². The van der Waals surface area contributed by atoms with Gasteiger partial charge in [-0.3, -0.25) is 4.79 Å². The monoisotopic (exact) mass is 233 g/mol. The molecule has 1 heterocycles. The van der Waals surface area contributed by atoms with Crippen LogP contribution in [-0.4, -0.2) is 23.0 Å². The molecule has 3 nitrogen and oxygen atoms in total. The van der Waals surface area contributed by atoms with Crippen LogP contribution in [0.3, 0.4) is 0 Å². The van der Waals surface area contributed by atoms with E-state index in [2.05, 4.69) is 38.3 Å². The second-order valence-electron chi connectivity index (χ2n) is 5.70. The first-order chi connectivity index (χ1) is 6.20. The molecule has 0 bridgehead atoms. The summed E-state index contributed by atoms with van der Waals surface area (Å²) >= 11 is 0. The smallest absolute Gasteiger partial charge is 0.217 e. The van der Waals surface area contributed by atoms with Crippen LogP contribution in [0.15, 0.2) is 0 Å². The summed E-state index contributed by atoms with van der Waals surface area (Å²) in [5.74, 6) is 0.0727. The van der Waals surface area contributed by atoms with Crippen LogP contribution in [0.25, 0.3) is 0 Å². The van der Waals surface area contributed by atoms with Crippen molar-refractivity contribution in [2.45, 2.75) is 64.6 Å². The first-order valence-electron chi connectivity index (χ1n) is 5.27. The van der Waals surface area contributed by atoms with Gasteiger partial charge in [0.05, 0.1) is 0 Å². The Morgan fingerprint density at radius 1 is 1.20 bits per heavy atom. The molecular formula is C11H22ClN2O-. The van der Waals surface area contributed by atoms with Crippen molar-refractivity contribution < 1.29 is 17.2 Å². The highest BCUT2D eigenvalue weighted by Gasteiger charge is 2.37. The first-order valence-corrected chi connectivity index (χ1v) is 5.27. The molecule has 0 spiro atoms. The third-order valence-electron chi connectivity index (χ3n) is 2.60. The first kappa shape index (κ1) is 14.7. The molecule has 2 N–H and O–H groups in total. The molecule has 4 heteroatoms. The van der Waals surface area contributed by atoms with E-state index in [1.807, 2.05) is 0 Å². The lowest BCUT2D eigenvalue weighted by atomic mass is 9.79. The summed E-state index contributed by atoms with van der Waals surface area (Å²) in [5, 5.41) is 6.60. The Morgan fingerprint density at radius 2 is 1.60 bits per heavy atom. The highest BCUT2D eigenvalue weighted by molar-refractivity contribution is 5.73. The molecule has 0 atom stereocenters. The van der Waals surface area contributed by atoms with Crippen molar-refractivity contribution >= 4 is 5.91 Å². The number of rotatable bonds is 1. The zero-order chi connectivity index (χ0) is 11.0. The zero-order valence-electron chi connectivity index (χ0n) is 10.3. The Hall–Kier alpha value is -0.280. The maximum atomic E-state index is 11.0. The molecule has 1 rings (SSSR count). The molecular weight excluding hydrogens is 212 g/mol. The Balaban J connectivity index is 0.00000196. The number of carbonyl (C=O) groups excluding carboxylic acids is 1. The average Bonchev–Trinajstić information content (AvgIpc) is 1.74. The standard InChI is InChI=1S/C11H22N2O.ClH/c1-8(14)12-9-6-10(2,3)13-11(4,5)7-9;/h9,13H,6-7H2,1-5H3,(H,12,14);1H/p-1. The Bertz CT molecular complexity index is 223. The third kappa shape index (κ3) is 4.85. The minimum atomic E-state index is 0. The highest BCUT2D eigenvalue weighted by atomic mass is 35.5. The molecule has 1 saturated heterocycles. The molecule has 1 amide bonds. The molecule has 1 aliphatic heterocycles. The van der Waals surface area contributed by atoms with Crippen LogP contribution in [0, 0.1) is 0 Å². The predicted molar refractivity (Wildman–Crippen MR) is 58.1 cm³/mol. The summed E-state index contributed by atoms with van der Waals surface area (Å²) < 4.78 is 0. The van der Waals surface area contributed by atoms with Gasteiger partial charge in [0, 0.05) is 24.0 Å². The largest absolute Gasteiger partial charge is 1.00 e. The highest BCUT2D eigenvalue weighted by Crippen LogP contribution is 2.28. The Labute approximate surface area is 98.8 Å². The number of carbonyl (C=O) groups is 1. The van der Waals surface area contributed by atoms with E-state index in [9.17, 15) is 4.79 Å². The quantitative estimate of drug-likeness (QED) is 0.575. The molecule has 0 aromatic carbocycles. The van der Waals surface area contributed by atoms with E-state index in [4.69, 9.17) is 0 Å². The third-order valence-corrected chi connectivity index (χ3v) is 2.60. The van der Waals surface area contributed by atoms with Gasteiger partial charge in [0.1, 0.15) is 0 Å². The van der Waals surface area contributed by atoms with E-state index >= 15 is 0 Å². The van der Waals surface area contributed by atoms with Crippen LogP contribution in [0.4, 0.5) is 0 Å². The molecule has 0 aromatic rings. The minimum absolute atomic E-state index is 0. The molecule has 0 radical (unpaired) electrons. The van der Waals surface area contributed by atoms with Crippen molar-refractivity contribution in [3.05, 3.63) is 0 Å². The molecule has 1 aliphatic rings. The van der Waals surface area contributed by atoms with Gasteiger partial charge in [0.15, 0.2) is 0 Å². The van der Waals surface area contributed by atoms with Gasteiger partial charge in [0.25, 0.3) is 0 Å². The van der Waals surface area contributed by atoms with Crippen LogP contribution >= 0.6 is 0 Å². The summed E-state index contributed by atoms with van der Waals surface area (Å²) in [5.41, 5.74) is 0.212. The molecule has 0 saturated carbocycles. The maximum absolute atomic E-state index is 11.0. The summed E-state index contributed by atoms with van der Waals surface area (Å²) in [7, 11) is 0. The summed E-state index contributed by atoms with van der Waals surface area (Å²) in [6, 6.07) is 0.304. The van der Waals surface area contributed by atoms with E-state index < -0.39 is 0 Å². The lowest BCUT2D eigenvalue weighted by Gasteiger charge is -2.46. The number of hydrogen-bond donors (Lipinski definition) is 2. The second-order valence-corrected chi connectivity index (χ2v) is 5.70. The van der Waals surface area contributed by atoms with Crippen molar-refractivity contribution in [2.75, 3.05) is 0 Å². The van der Waals surface area contributed by atoms with Gasteiger partial charge in [-0.2, -0.15) is 0 Å². The molecule has 90 valence electrons. The van der Waals surface area contributed by atoms with Gasteiger partial charge in [-0.1, -0.05) is 0 Å². The minimum Gasteiger partial charge on any atom is -1.00 e. The van der Waals surface area contributed by atoms with Gasteiger partial charge < -0.3 is 23.0 Å². The number of nitrogens with one attached hydrogen (secondary N) is 2. The van der Waals surface area contributed by atoms with Crippen molar-refractivity contribution in [1.29, 1.82) is 0 Å². The molecule has 0 unspecified atom stereocenters. The van der Waals surface area contributed by atoms with E-state index in [-0.39, 0.29) is 29.4 Å². The van der Waals surface area contributed by atoms with Crippen molar-refractivity contribution in [3.63, 3.8) is 0 Å². The lowest BCUT2D eigenvalue weighted by Crippen LogP contribution is -3.00. The van der Waals surface area contributed by atoms with Crippen LogP contribution in [0.5, 0.6) is 0 Å². The van der Waals surface area contributed by atoms with Crippen molar-refractivity contribution in [2.24, 2.45) is 0 Å². The second kappa shape index (κ2) is 4.71. The maximum Gasteiger partial charge on any atom is 0.217 e. The molecule has 15 heavy (non-hydrogen) atoms. The van der Waals surface area contributed by atoms with Crippen LogP contribution < -0.4 is 23.0 Å². The molecule has 1 fully saturated rings. The molecule has 0 aliphatic carbocycles. The van der Waals surface area contributed by atoms with Gasteiger partial charge in [0.2, 0.25) is 5.91 Å². The fourth-order valence-electron chi connectivity index (χ4n) is 2.71.